The second-order valence-electron chi connectivity index (χ2n) is 5.90. The number of hydrogen-bond acceptors (Lipinski definition) is 5. The lowest BCUT2D eigenvalue weighted by atomic mass is 9.95. The summed E-state index contributed by atoms with van der Waals surface area (Å²) in [6.07, 6.45) is 1.53. The van der Waals surface area contributed by atoms with Gasteiger partial charge in [-0.05, 0) is 17.7 Å². The van der Waals surface area contributed by atoms with Gasteiger partial charge in [0.2, 0.25) is 0 Å². The van der Waals surface area contributed by atoms with E-state index in [1.54, 1.807) is 35.7 Å². The highest BCUT2D eigenvalue weighted by Gasteiger charge is 2.47. The lowest BCUT2D eigenvalue weighted by Crippen LogP contribution is -2.29. The fourth-order valence-electron chi connectivity index (χ4n) is 3.08. The number of nitrogens with zero attached hydrogens (tertiary/aromatic N) is 2. The third-order valence-electron chi connectivity index (χ3n) is 4.30. The fourth-order valence-corrected chi connectivity index (χ4v) is 3.74. The Bertz CT molecular complexity index is 1030. The van der Waals surface area contributed by atoms with Crippen molar-refractivity contribution in [3.05, 3.63) is 88.7 Å². The van der Waals surface area contributed by atoms with Gasteiger partial charge in [-0.15, -0.1) is 11.3 Å². The molecule has 0 aliphatic carbocycles. The lowest BCUT2D eigenvalue weighted by molar-refractivity contribution is -0.132. The molecule has 7 heteroatoms. The molecule has 0 saturated carbocycles. The molecule has 2 heterocycles. The van der Waals surface area contributed by atoms with Crippen LogP contribution < -0.4 is 4.90 Å². The number of halogens is 1. The van der Waals surface area contributed by atoms with Gasteiger partial charge in [0.15, 0.2) is 5.13 Å². The van der Waals surface area contributed by atoms with Crippen LogP contribution in [0.4, 0.5) is 9.52 Å². The number of Topliss-reactive ketones (excluding diaryl/α,β-unsaturated/α-hetero) is 1. The summed E-state index contributed by atoms with van der Waals surface area (Å²) < 4.78 is 13.4. The van der Waals surface area contributed by atoms with Gasteiger partial charge >= 0.3 is 5.91 Å². The molecule has 0 unspecified atom stereocenters. The van der Waals surface area contributed by atoms with Gasteiger partial charge in [0.1, 0.15) is 11.6 Å². The number of benzene rings is 2. The highest BCUT2D eigenvalue weighted by molar-refractivity contribution is 7.14. The van der Waals surface area contributed by atoms with Crippen LogP contribution in [-0.2, 0) is 9.59 Å². The largest absolute Gasteiger partial charge is 0.507 e. The topological polar surface area (TPSA) is 70.5 Å². The van der Waals surface area contributed by atoms with Crippen molar-refractivity contribution in [2.75, 3.05) is 4.90 Å². The molecule has 1 fully saturated rings. The Kier molecular flexibility index (Phi) is 4.29. The summed E-state index contributed by atoms with van der Waals surface area (Å²) in [5.74, 6) is -2.30. The lowest BCUT2D eigenvalue weighted by Gasteiger charge is -2.22. The molecule has 2 aromatic carbocycles. The van der Waals surface area contributed by atoms with E-state index in [9.17, 15) is 19.1 Å². The van der Waals surface area contributed by atoms with Crippen molar-refractivity contribution in [1.82, 2.24) is 4.98 Å². The van der Waals surface area contributed by atoms with E-state index in [1.807, 2.05) is 0 Å². The second kappa shape index (κ2) is 6.77. The van der Waals surface area contributed by atoms with Crippen LogP contribution in [0.15, 0.2) is 71.7 Å². The molecule has 27 heavy (non-hydrogen) atoms. The van der Waals surface area contributed by atoms with E-state index in [-0.39, 0.29) is 11.3 Å². The Labute approximate surface area is 158 Å². The van der Waals surface area contributed by atoms with Crippen LogP contribution in [0.5, 0.6) is 0 Å². The molecular formula is C20H13FN2O3S. The van der Waals surface area contributed by atoms with E-state index in [1.165, 1.54) is 46.7 Å². The van der Waals surface area contributed by atoms with Crippen LogP contribution in [0.2, 0.25) is 0 Å². The molecule has 3 aromatic rings. The Morgan fingerprint density at radius 3 is 2.41 bits per heavy atom. The zero-order valence-corrected chi connectivity index (χ0v) is 14.7. The molecule has 1 saturated heterocycles. The van der Waals surface area contributed by atoms with Crippen LogP contribution >= 0.6 is 11.3 Å². The number of carbonyl (C=O) groups is 2. The summed E-state index contributed by atoms with van der Waals surface area (Å²) in [7, 11) is 0. The van der Waals surface area contributed by atoms with Crippen LogP contribution in [-0.4, -0.2) is 21.8 Å². The molecule has 1 N–H and O–H groups in total. The highest BCUT2D eigenvalue weighted by atomic mass is 32.1. The van der Waals surface area contributed by atoms with Gasteiger partial charge in [0, 0.05) is 17.1 Å². The number of aliphatic hydroxyl groups excluding tert-OH is 1. The van der Waals surface area contributed by atoms with Crippen LogP contribution in [0.1, 0.15) is 17.2 Å². The first-order valence-corrected chi connectivity index (χ1v) is 8.97. The average Bonchev–Trinajstić information content (AvgIpc) is 3.30. The molecule has 1 amide bonds. The summed E-state index contributed by atoms with van der Waals surface area (Å²) in [5.41, 5.74) is 0.873. The Morgan fingerprint density at radius 2 is 1.78 bits per heavy atom. The maximum Gasteiger partial charge on any atom is 0.301 e. The van der Waals surface area contributed by atoms with Gasteiger partial charge in [-0.25, -0.2) is 9.37 Å². The number of amides is 1. The Balaban J connectivity index is 1.94. The van der Waals surface area contributed by atoms with Gasteiger partial charge in [-0.3, -0.25) is 14.5 Å². The third kappa shape index (κ3) is 2.92. The van der Waals surface area contributed by atoms with Crippen molar-refractivity contribution < 1.29 is 19.1 Å². The number of hydrogen-bond donors (Lipinski definition) is 1. The minimum Gasteiger partial charge on any atom is -0.507 e. The van der Waals surface area contributed by atoms with Crippen LogP contribution in [0, 0.1) is 5.82 Å². The number of ketones is 1. The van der Waals surface area contributed by atoms with E-state index in [2.05, 4.69) is 4.98 Å². The predicted octanol–water partition coefficient (Wildman–Crippen LogP) is 3.91. The van der Waals surface area contributed by atoms with E-state index in [0.29, 0.717) is 16.3 Å². The molecule has 4 rings (SSSR count). The molecule has 0 bridgehead atoms. The van der Waals surface area contributed by atoms with E-state index < -0.39 is 23.5 Å². The summed E-state index contributed by atoms with van der Waals surface area (Å²) in [6, 6.07) is 13.1. The van der Waals surface area contributed by atoms with Gasteiger partial charge in [-0.2, -0.15) is 0 Å². The number of carbonyl (C=O) groups excluding carboxylic acids is 2. The van der Waals surface area contributed by atoms with Crippen LogP contribution in [0.3, 0.4) is 0 Å². The Hall–Kier alpha value is -3.32. The minimum atomic E-state index is -0.892. The molecule has 0 spiro atoms. The standard InChI is InChI=1S/C20H13FN2O3S/c21-14-8-6-12(7-9-14)16-15(17(24)13-4-2-1-3-5-13)18(25)19(26)23(16)20-22-10-11-27-20/h1-11,16,24H/t16-/m1/s1. The minimum absolute atomic E-state index is 0.0481. The summed E-state index contributed by atoms with van der Waals surface area (Å²) >= 11 is 1.20. The molecule has 5 nitrogen and oxygen atoms in total. The number of anilines is 1. The van der Waals surface area contributed by atoms with Crippen molar-refractivity contribution in [3.8, 4) is 0 Å². The van der Waals surface area contributed by atoms with Crippen molar-refractivity contribution in [2.45, 2.75) is 6.04 Å². The average molecular weight is 380 g/mol. The number of thiazole rings is 1. The number of aliphatic hydroxyl groups is 1. The molecular weight excluding hydrogens is 367 g/mol. The molecule has 1 atom stereocenters. The van der Waals surface area contributed by atoms with Gasteiger partial charge < -0.3 is 5.11 Å². The van der Waals surface area contributed by atoms with Crippen LogP contribution in [0.25, 0.3) is 5.76 Å². The third-order valence-corrected chi connectivity index (χ3v) is 5.07. The monoisotopic (exact) mass is 380 g/mol. The summed E-state index contributed by atoms with van der Waals surface area (Å²) in [5, 5.41) is 12.8. The highest BCUT2D eigenvalue weighted by Crippen LogP contribution is 2.42. The van der Waals surface area contributed by atoms with Gasteiger partial charge in [0.05, 0.1) is 11.6 Å². The number of aromatic nitrogens is 1. The SMILES string of the molecule is O=C1C(=O)N(c2nccs2)[C@H](c2ccc(F)cc2)C1=C(O)c1ccccc1. The molecule has 0 radical (unpaired) electrons. The van der Waals surface area contributed by atoms with Gasteiger partial charge in [0.25, 0.3) is 5.78 Å². The first-order valence-electron chi connectivity index (χ1n) is 8.09. The maximum absolute atomic E-state index is 13.4. The molecule has 1 aromatic heterocycles. The quantitative estimate of drug-likeness (QED) is 0.425. The summed E-state index contributed by atoms with van der Waals surface area (Å²) in [6.45, 7) is 0. The van der Waals surface area contributed by atoms with Crippen molar-refractivity contribution in [2.24, 2.45) is 0 Å². The first kappa shape index (κ1) is 17.1. The molecule has 1 aliphatic rings. The predicted molar refractivity (Wildman–Crippen MR) is 99.7 cm³/mol. The zero-order valence-electron chi connectivity index (χ0n) is 13.9. The van der Waals surface area contributed by atoms with E-state index >= 15 is 0 Å². The maximum atomic E-state index is 13.4. The number of rotatable bonds is 3. The van der Waals surface area contributed by atoms with E-state index in [0.717, 1.165) is 0 Å². The second-order valence-corrected chi connectivity index (χ2v) is 6.77. The van der Waals surface area contributed by atoms with Crippen molar-refractivity contribution >= 4 is 33.9 Å². The van der Waals surface area contributed by atoms with Crippen molar-refractivity contribution in [3.63, 3.8) is 0 Å². The zero-order chi connectivity index (χ0) is 19.0. The summed E-state index contributed by atoms with van der Waals surface area (Å²) in [4.78, 5) is 30.9. The Morgan fingerprint density at radius 1 is 1.07 bits per heavy atom. The van der Waals surface area contributed by atoms with E-state index in [4.69, 9.17) is 0 Å². The molecule has 1 aliphatic heterocycles. The van der Waals surface area contributed by atoms with Crippen molar-refractivity contribution in [1.29, 1.82) is 0 Å². The smallest absolute Gasteiger partial charge is 0.301 e. The van der Waals surface area contributed by atoms with Gasteiger partial charge in [-0.1, -0.05) is 42.5 Å². The molecule has 134 valence electrons. The first-order chi connectivity index (χ1) is 13.1. The fraction of sp³-hybridized carbons (Fsp3) is 0.0500. The normalized spacial score (nSPS) is 18.9.